The SMILES string of the molecule is CCOC1(C(O)Cc2cccc(F)c2Cl)CCCC(C)C1. The van der Waals surface area contributed by atoms with Crippen LogP contribution in [0.3, 0.4) is 0 Å². The number of benzene rings is 1. The number of aliphatic hydroxyl groups excluding tert-OH is 1. The molecule has 2 rings (SSSR count). The van der Waals surface area contributed by atoms with Crippen LogP contribution in [0.2, 0.25) is 5.02 Å². The molecule has 0 aromatic heterocycles. The Labute approximate surface area is 131 Å². The van der Waals surface area contributed by atoms with Crippen LogP contribution in [-0.4, -0.2) is 23.4 Å². The van der Waals surface area contributed by atoms with Gasteiger partial charge in [0.2, 0.25) is 0 Å². The maximum atomic E-state index is 13.5. The van der Waals surface area contributed by atoms with Crippen molar-refractivity contribution in [3.8, 4) is 0 Å². The van der Waals surface area contributed by atoms with Gasteiger partial charge in [-0.25, -0.2) is 4.39 Å². The Morgan fingerprint density at radius 3 is 2.95 bits per heavy atom. The van der Waals surface area contributed by atoms with Crippen molar-refractivity contribution in [2.45, 2.75) is 57.7 Å². The first-order valence-corrected chi connectivity index (χ1v) is 8.11. The van der Waals surface area contributed by atoms with E-state index in [-0.39, 0.29) is 5.02 Å². The van der Waals surface area contributed by atoms with Crippen LogP contribution in [0.5, 0.6) is 0 Å². The third-order valence-electron chi connectivity index (χ3n) is 4.47. The van der Waals surface area contributed by atoms with Crippen molar-refractivity contribution in [3.05, 3.63) is 34.6 Å². The number of hydrogen-bond acceptors (Lipinski definition) is 2. The molecule has 1 fully saturated rings. The lowest BCUT2D eigenvalue weighted by Gasteiger charge is -2.43. The van der Waals surface area contributed by atoms with Crippen LogP contribution >= 0.6 is 11.6 Å². The maximum Gasteiger partial charge on any atom is 0.142 e. The molecule has 4 heteroatoms. The zero-order valence-corrected chi connectivity index (χ0v) is 13.5. The lowest BCUT2D eigenvalue weighted by Crippen LogP contribution is -2.49. The highest BCUT2D eigenvalue weighted by atomic mass is 35.5. The Hall–Kier alpha value is -0.640. The maximum absolute atomic E-state index is 13.5. The molecular formula is C17H24ClFO2. The Kier molecular flexibility index (Phi) is 5.64. The molecule has 1 aromatic rings. The first-order valence-electron chi connectivity index (χ1n) is 7.73. The molecule has 0 saturated heterocycles. The minimum atomic E-state index is -0.667. The van der Waals surface area contributed by atoms with Crippen molar-refractivity contribution in [1.82, 2.24) is 0 Å². The van der Waals surface area contributed by atoms with Crippen molar-refractivity contribution in [2.75, 3.05) is 6.61 Å². The van der Waals surface area contributed by atoms with Crippen LogP contribution in [0, 0.1) is 11.7 Å². The van der Waals surface area contributed by atoms with Gasteiger partial charge in [0.05, 0.1) is 16.7 Å². The smallest absolute Gasteiger partial charge is 0.142 e. The van der Waals surface area contributed by atoms with E-state index in [9.17, 15) is 9.50 Å². The van der Waals surface area contributed by atoms with E-state index in [0.29, 0.717) is 24.5 Å². The predicted octanol–water partition coefficient (Wildman–Crippen LogP) is 4.37. The normalized spacial score (nSPS) is 27.6. The summed E-state index contributed by atoms with van der Waals surface area (Å²) in [6.07, 6.45) is 3.56. The Morgan fingerprint density at radius 1 is 1.52 bits per heavy atom. The summed E-state index contributed by atoms with van der Waals surface area (Å²) in [7, 11) is 0. The van der Waals surface area contributed by atoms with E-state index in [4.69, 9.17) is 16.3 Å². The van der Waals surface area contributed by atoms with Crippen LogP contribution in [0.1, 0.15) is 45.1 Å². The van der Waals surface area contributed by atoms with E-state index in [1.54, 1.807) is 12.1 Å². The van der Waals surface area contributed by atoms with Gasteiger partial charge >= 0.3 is 0 Å². The number of ether oxygens (including phenoxy) is 1. The van der Waals surface area contributed by atoms with Gasteiger partial charge in [-0.15, -0.1) is 0 Å². The van der Waals surface area contributed by atoms with Gasteiger partial charge in [0.25, 0.3) is 0 Å². The summed E-state index contributed by atoms with van der Waals surface area (Å²) in [6, 6.07) is 4.72. The number of aliphatic hydroxyl groups is 1. The van der Waals surface area contributed by atoms with Gasteiger partial charge in [-0.1, -0.05) is 43.5 Å². The molecule has 0 amide bonds. The Balaban J connectivity index is 2.18. The molecule has 0 bridgehead atoms. The molecule has 21 heavy (non-hydrogen) atoms. The highest BCUT2D eigenvalue weighted by Crippen LogP contribution is 2.39. The Bertz CT molecular complexity index is 476. The quantitative estimate of drug-likeness (QED) is 0.874. The van der Waals surface area contributed by atoms with Gasteiger partial charge < -0.3 is 9.84 Å². The Morgan fingerprint density at radius 2 is 2.29 bits per heavy atom. The average molecular weight is 315 g/mol. The molecular weight excluding hydrogens is 291 g/mol. The highest BCUT2D eigenvalue weighted by molar-refractivity contribution is 6.31. The molecule has 3 unspecified atom stereocenters. The van der Waals surface area contributed by atoms with Crippen LogP contribution in [0.4, 0.5) is 4.39 Å². The molecule has 0 aliphatic heterocycles. The summed E-state index contributed by atoms with van der Waals surface area (Å²) in [4.78, 5) is 0. The van der Waals surface area contributed by atoms with Crippen LogP contribution in [0.15, 0.2) is 18.2 Å². The summed E-state index contributed by atoms with van der Waals surface area (Å²) in [5.41, 5.74) is 0.115. The second-order valence-corrected chi connectivity index (χ2v) is 6.51. The zero-order valence-electron chi connectivity index (χ0n) is 12.7. The van der Waals surface area contributed by atoms with E-state index in [2.05, 4.69) is 6.92 Å². The fourth-order valence-electron chi connectivity index (χ4n) is 3.46. The highest BCUT2D eigenvalue weighted by Gasteiger charge is 2.42. The van der Waals surface area contributed by atoms with Crippen LogP contribution in [-0.2, 0) is 11.2 Å². The molecule has 0 heterocycles. The van der Waals surface area contributed by atoms with Crippen LogP contribution < -0.4 is 0 Å². The van der Waals surface area contributed by atoms with E-state index < -0.39 is 17.5 Å². The third-order valence-corrected chi connectivity index (χ3v) is 4.90. The van der Waals surface area contributed by atoms with Crippen molar-refractivity contribution in [3.63, 3.8) is 0 Å². The first-order chi connectivity index (χ1) is 9.98. The van der Waals surface area contributed by atoms with Gasteiger partial charge in [0.15, 0.2) is 0 Å². The molecule has 0 radical (unpaired) electrons. The van der Waals surface area contributed by atoms with Crippen molar-refractivity contribution in [2.24, 2.45) is 5.92 Å². The van der Waals surface area contributed by atoms with E-state index in [1.165, 1.54) is 12.5 Å². The van der Waals surface area contributed by atoms with Gasteiger partial charge in [0.1, 0.15) is 5.82 Å². The lowest BCUT2D eigenvalue weighted by molar-refractivity contribution is -0.147. The summed E-state index contributed by atoms with van der Waals surface area (Å²) in [6.45, 7) is 4.71. The minimum absolute atomic E-state index is 0.104. The molecule has 2 nitrogen and oxygen atoms in total. The van der Waals surface area contributed by atoms with E-state index >= 15 is 0 Å². The summed E-state index contributed by atoms with van der Waals surface area (Å²) in [5.74, 6) is 0.0896. The monoisotopic (exact) mass is 314 g/mol. The molecule has 0 spiro atoms. The molecule has 1 saturated carbocycles. The first kappa shape index (κ1) is 16.7. The second kappa shape index (κ2) is 7.08. The molecule has 118 valence electrons. The number of halogens is 2. The fraction of sp³-hybridized carbons (Fsp3) is 0.647. The lowest BCUT2D eigenvalue weighted by atomic mass is 9.74. The zero-order chi connectivity index (χ0) is 15.5. The van der Waals surface area contributed by atoms with E-state index in [0.717, 1.165) is 19.3 Å². The average Bonchev–Trinajstić information content (AvgIpc) is 2.44. The van der Waals surface area contributed by atoms with Crippen molar-refractivity contribution in [1.29, 1.82) is 0 Å². The van der Waals surface area contributed by atoms with E-state index in [1.807, 2.05) is 6.92 Å². The third kappa shape index (κ3) is 3.77. The largest absolute Gasteiger partial charge is 0.390 e. The minimum Gasteiger partial charge on any atom is -0.390 e. The molecule has 3 atom stereocenters. The topological polar surface area (TPSA) is 29.5 Å². The molecule has 1 aromatic carbocycles. The van der Waals surface area contributed by atoms with Crippen molar-refractivity contribution >= 4 is 11.6 Å². The summed E-state index contributed by atoms with van der Waals surface area (Å²) >= 11 is 6.00. The van der Waals surface area contributed by atoms with Crippen LogP contribution in [0.25, 0.3) is 0 Å². The second-order valence-electron chi connectivity index (χ2n) is 6.13. The fourth-order valence-corrected chi connectivity index (χ4v) is 3.66. The number of rotatable bonds is 5. The predicted molar refractivity (Wildman–Crippen MR) is 83.1 cm³/mol. The molecule has 1 N–H and O–H groups in total. The summed E-state index contributed by atoms with van der Waals surface area (Å²) < 4.78 is 19.5. The van der Waals surface area contributed by atoms with Gasteiger partial charge in [-0.05, 0) is 37.3 Å². The molecule has 1 aliphatic rings. The van der Waals surface area contributed by atoms with Gasteiger partial charge in [0, 0.05) is 13.0 Å². The van der Waals surface area contributed by atoms with Gasteiger partial charge in [-0.3, -0.25) is 0 Å². The van der Waals surface area contributed by atoms with Crippen molar-refractivity contribution < 1.29 is 14.2 Å². The standard InChI is InChI=1S/C17H24ClFO2/c1-3-21-17(9-5-6-12(2)11-17)15(20)10-13-7-4-8-14(19)16(13)18/h4,7-8,12,15,20H,3,5-6,9-11H2,1-2H3. The number of hydrogen-bond donors (Lipinski definition) is 1. The molecule has 1 aliphatic carbocycles. The summed E-state index contributed by atoms with van der Waals surface area (Å²) in [5, 5.41) is 10.8. The van der Waals surface area contributed by atoms with Gasteiger partial charge in [-0.2, -0.15) is 0 Å².